The van der Waals surface area contributed by atoms with Crippen molar-refractivity contribution in [2.24, 2.45) is 0 Å². The van der Waals surface area contributed by atoms with Gasteiger partial charge in [0.2, 0.25) is 0 Å². The minimum atomic E-state index is -5.08. The van der Waals surface area contributed by atoms with Crippen molar-refractivity contribution in [3.63, 3.8) is 0 Å². The van der Waals surface area contributed by atoms with E-state index in [-0.39, 0.29) is 128 Å². The van der Waals surface area contributed by atoms with E-state index in [0.717, 1.165) is 6.07 Å². The van der Waals surface area contributed by atoms with Crippen LogP contribution in [0.25, 0.3) is 5.57 Å². The standard InChI is InChI=1S/C9H10O6S2.2Rb/c1-6(2)7-4-3-5-8(16(10,11)12)9(7)17(13,14)15;;/h3-5H,1H2,2H3,(H,10,11,12)(H,13,14,15);;/q;2*+1/p-2. The molecule has 0 atom stereocenters. The molecule has 0 saturated carbocycles. The van der Waals surface area contributed by atoms with Gasteiger partial charge in [0, 0.05) is 0 Å². The first-order chi connectivity index (χ1) is 7.55. The predicted octanol–water partition coefficient (Wildman–Crippen LogP) is -5.46. The molecule has 0 heterocycles. The summed E-state index contributed by atoms with van der Waals surface area (Å²) in [5.74, 6) is 0. The van der Waals surface area contributed by atoms with E-state index in [9.17, 15) is 25.9 Å². The Morgan fingerprint density at radius 1 is 1.05 bits per heavy atom. The average molecular weight is 447 g/mol. The summed E-state index contributed by atoms with van der Waals surface area (Å²) in [4.78, 5) is -2.09. The number of hydrogen-bond acceptors (Lipinski definition) is 6. The van der Waals surface area contributed by atoms with Crippen molar-refractivity contribution in [3.05, 3.63) is 30.3 Å². The number of hydrogen-bond donors (Lipinski definition) is 0. The van der Waals surface area contributed by atoms with E-state index in [0.29, 0.717) is 0 Å². The summed E-state index contributed by atoms with van der Waals surface area (Å²) in [6.45, 7) is 4.82. The first-order valence-electron chi connectivity index (χ1n) is 4.26. The summed E-state index contributed by atoms with van der Waals surface area (Å²) >= 11 is 0. The first-order valence-corrected chi connectivity index (χ1v) is 7.07. The maximum atomic E-state index is 11.0. The van der Waals surface area contributed by atoms with Gasteiger partial charge in [-0.2, -0.15) is 0 Å². The molecule has 10 heteroatoms. The van der Waals surface area contributed by atoms with E-state index in [1.807, 2.05) is 0 Å². The van der Waals surface area contributed by atoms with Crippen LogP contribution in [0, 0.1) is 0 Å². The van der Waals surface area contributed by atoms with Crippen LogP contribution in [-0.4, -0.2) is 25.9 Å². The average Bonchev–Trinajstić information content (AvgIpc) is 2.13. The van der Waals surface area contributed by atoms with Crippen LogP contribution in [0.1, 0.15) is 12.5 Å². The maximum absolute atomic E-state index is 11.0. The Balaban J connectivity index is 0. The number of allylic oxidation sites excluding steroid dienone is 1. The second-order valence-corrected chi connectivity index (χ2v) is 5.99. The van der Waals surface area contributed by atoms with Crippen LogP contribution in [0.15, 0.2) is 34.6 Å². The van der Waals surface area contributed by atoms with Crippen LogP contribution >= 0.6 is 0 Å². The number of rotatable bonds is 3. The smallest absolute Gasteiger partial charge is 0.744 e. The minimum Gasteiger partial charge on any atom is -0.744 e. The van der Waals surface area contributed by atoms with Crippen molar-refractivity contribution < 1.29 is 142 Å². The van der Waals surface area contributed by atoms with Gasteiger partial charge < -0.3 is 9.11 Å². The van der Waals surface area contributed by atoms with Crippen molar-refractivity contribution in [2.45, 2.75) is 16.7 Å². The molecule has 1 aromatic carbocycles. The zero-order chi connectivity index (χ0) is 13.4. The van der Waals surface area contributed by atoms with Gasteiger partial charge >= 0.3 is 116 Å². The fourth-order valence-electron chi connectivity index (χ4n) is 1.31. The first kappa shape index (κ1) is 23.7. The summed E-state index contributed by atoms with van der Waals surface area (Å²) in [5, 5.41) is 0. The van der Waals surface area contributed by atoms with Gasteiger partial charge in [-0.1, -0.05) is 18.7 Å². The molecule has 1 rings (SSSR count). The summed E-state index contributed by atoms with van der Waals surface area (Å²) in [5.41, 5.74) is 0.00171. The van der Waals surface area contributed by atoms with E-state index in [1.54, 1.807) is 0 Å². The maximum Gasteiger partial charge on any atom is 1.00 e. The van der Waals surface area contributed by atoms with E-state index in [2.05, 4.69) is 6.58 Å². The van der Waals surface area contributed by atoms with Crippen molar-refractivity contribution in [1.29, 1.82) is 0 Å². The van der Waals surface area contributed by atoms with Gasteiger partial charge in [0.05, 0.1) is 9.79 Å². The third-order valence-corrected chi connectivity index (χ3v) is 3.91. The molecule has 0 spiro atoms. The summed E-state index contributed by atoms with van der Waals surface area (Å²) in [6, 6.07) is 3.16. The van der Waals surface area contributed by atoms with Crippen molar-refractivity contribution in [3.8, 4) is 0 Å². The van der Waals surface area contributed by atoms with Crippen LogP contribution in [0.3, 0.4) is 0 Å². The molecule has 0 bridgehead atoms. The molecule has 0 aliphatic rings. The molecule has 0 aliphatic heterocycles. The van der Waals surface area contributed by atoms with Crippen LogP contribution < -0.4 is 116 Å². The fourth-order valence-corrected chi connectivity index (χ4v) is 3.33. The van der Waals surface area contributed by atoms with E-state index >= 15 is 0 Å². The zero-order valence-corrected chi connectivity index (χ0v) is 22.2. The van der Waals surface area contributed by atoms with Crippen LogP contribution in [-0.2, 0) is 20.2 Å². The molecule has 94 valence electrons. The molecule has 6 nitrogen and oxygen atoms in total. The van der Waals surface area contributed by atoms with Crippen LogP contribution in [0.5, 0.6) is 0 Å². The van der Waals surface area contributed by atoms with Gasteiger partial charge in [0.25, 0.3) is 0 Å². The number of benzene rings is 1. The molecule has 0 aliphatic carbocycles. The van der Waals surface area contributed by atoms with E-state index in [1.165, 1.54) is 19.1 Å². The molecule has 19 heavy (non-hydrogen) atoms. The van der Waals surface area contributed by atoms with Crippen molar-refractivity contribution in [2.75, 3.05) is 0 Å². The molecule has 0 saturated heterocycles. The second kappa shape index (κ2) is 8.88. The molecule has 0 amide bonds. The Morgan fingerprint density at radius 2 is 1.53 bits per heavy atom. The molecule has 0 unspecified atom stereocenters. The van der Waals surface area contributed by atoms with Gasteiger partial charge in [0.1, 0.15) is 20.2 Å². The molecular formula is C9H8O6Rb2S2. The van der Waals surface area contributed by atoms with E-state index < -0.39 is 30.0 Å². The second-order valence-electron chi connectivity index (χ2n) is 3.32. The topological polar surface area (TPSA) is 114 Å². The quantitative estimate of drug-likeness (QED) is 0.428. The molecule has 0 aromatic heterocycles. The molecule has 0 radical (unpaired) electrons. The van der Waals surface area contributed by atoms with Crippen molar-refractivity contribution >= 4 is 25.8 Å². The third-order valence-electron chi connectivity index (χ3n) is 1.96. The van der Waals surface area contributed by atoms with Gasteiger partial charge in [-0.05, 0) is 24.1 Å². The Kier molecular flexibility index (Phi) is 11.0. The van der Waals surface area contributed by atoms with Crippen molar-refractivity contribution in [1.82, 2.24) is 0 Å². The van der Waals surface area contributed by atoms with E-state index in [4.69, 9.17) is 0 Å². The molecule has 0 N–H and O–H groups in total. The van der Waals surface area contributed by atoms with Gasteiger partial charge in [0.15, 0.2) is 0 Å². The molecular weight excluding hydrogens is 439 g/mol. The zero-order valence-electron chi connectivity index (χ0n) is 10.7. The molecule has 1 aromatic rings. The SMILES string of the molecule is C=C(C)c1cccc(S(=O)(=O)[O-])c1S(=O)(=O)[O-].[Rb+].[Rb+]. The monoisotopic (exact) mass is 446 g/mol. The minimum absolute atomic E-state index is 0. The van der Waals surface area contributed by atoms with Gasteiger partial charge in [-0.15, -0.1) is 0 Å². The largest absolute Gasteiger partial charge is 1.00 e. The Hall–Kier alpha value is 2.39. The fraction of sp³-hybridized carbons (Fsp3) is 0.111. The predicted molar refractivity (Wildman–Crippen MR) is 57.1 cm³/mol. The Labute approximate surface area is 210 Å². The Bertz CT molecular complexity index is 679. The summed E-state index contributed by atoms with van der Waals surface area (Å²) < 4.78 is 65.7. The summed E-state index contributed by atoms with van der Waals surface area (Å²) in [6.07, 6.45) is 0. The third kappa shape index (κ3) is 6.57. The molecule has 0 fully saturated rings. The van der Waals surface area contributed by atoms with Gasteiger partial charge in [-0.3, -0.25) is 0 Å². The summed E-state index contributed by atoms with van der Waals surface area (Å²) in [7, 11) is -10.1. The van der Waals surface area contributed by atoms with Crippen LogP contribution in [0.4, 0.5) is 0 Å². The Morgan fingerprint density at radius 3 is 1.84 bits per heavy atom. The van der Waals surface area contributed by atoms with Crippen LogP contribution in [0.2, 0.25) is 0 Å². The normalized spacial score (nSPS) is 11.1. The van der Waals surface area contributed by atoms with Gasteiger partial charge in [-0.25, -0.2) is 16.8 Å².